The summed E-state index contributed by atoms with van der Waals surface area (Å²) in [5, 5.41) is 0. The molecule has 3 rings (SSSR count). The molecule has 112 valence electrons. The topological polar surface area (TPSA) is 47.1 Å². The minimum Gasteiger partial charge on any atom is -0.383 e. The molecule has 0 saturated heterocycles. The Labute approximate surface area is 126 Å². The Balaban J connectivity index is 2.04. The smallest absolute Gasteiger partial charge is 0.132 e. The molecule has 0 amide bonds. The lowest BCUT2D eigenvalue weighted by atomic mass is 9.98. The normalized spacial score (nSPS) is 15.1. The number of anilines is 2. The molecule has 0 aliphatic carbocycles. The fourth-order valence-electron chi connectivity index (χ4n) is 3.05. The van der Waals surface area contributed by atoms with Gasteiger partial charge >= 0.3 is 0 Å². The molecule has 1 aliphatic rings. The van der Waals surface area contributed by atoms with Gasteiger partial charge in [-0.3, -0.25) is 0 Å². The van der Waals surface area contributed by atoms with Crippen molar-refractivity contribution in [3.63, 3.8) is 0 Å². The van der Waals surface area contributed by atoms with Crippen molar-refractivity contribution >= 4 is 11.5 Å². The molecular weight excluding hydrogens is 260 g/mol. The van der Waals surface area contributed by atoms with E-state index in [1.54, 1.807) is 0 Å². The van der Waals surface area contributed by atoms with E-state index in [9.17, 15) is 0 Å². The first kappa shape index (κ1) is 14.0. The van der Waals surface area contributed by atoms with Crippen LogP contribution in [0.4, 0.5) is 11.5 Å². The fourth-order valence-corrected chi connectivity index (χ4v) is 3.05. The van der Waals surface area contributed by atoms with E-state index in [0.717, 1.165) is 30.0 Å². The molecule has 2 aromatic rings. The first-order chi connectivity index (χ1) is 9.88. The van der Waals surface area contributed by atoms with Crippen LogP contribution < -0.4 is 10.6 Å². The Kier molecular flexibility index (Phi) is 3.19. The molecule has 0 radical (unpaired) electrons. The number of aryl methyl sites for hydroxylation is 1. The van der Waals surface area contributed by atoms with E-state index in [0.29, 0.717) is 0 Å². The molecule has 1 aliphatic heterocycles. The molecule has 2 heterocycles. The summed E-state index contributed by atoms with van der Waals surface area (Å²) in [4.78, 5) is 6.86. The molecule has 21 heavy (non-hydrogen) atoms. The van der Waals surface area contributed by atoms with Crippen LogP contribution in [0.2, 0.25) is 0 Å². The highest BCUT2D eigenvalue weighted by molar-refractivity contribution is 5.74. The number of hydrogen-bond donors (Lipinski definition) is 1. The number of imidazole rings is 1. The van der Waals surface area contributed by atoms with Gasteiger partial charge in [0.2, 0.25) is 0 Å². The number of hydrogen-bond acceptors (Lipinski definition) is 3. The van der Waals surface area contributed by atoms with Gasteiger partial charge < -0.3 is 15.2 Å². The quantitative estimate of drug-likeness (QED) is 0.874. The van der Waals surface area contributed by atoms with Crippen molar-refractivity contribution in [3.8, 4) is 11.3 Å². The monoisotopic (exact) mass is 284 g/mol. The number of nitrogens with two attached hydrogens (primary N) is 1. The van der Waals surface area contributed by atoms with Gasteiger partial charge in [-0.15, -0.1) is 0 Å². The SMILES string of the molecule is CN1CCCc2cc(-c3ncn(C(C)(C)C)c3N)ccc21. The molecule has 0 bridgehead atoms. The van der Waals surface area contributed by atoms with Crippen molar-refractivity contribution in [2.75, 3.05) is 24.2 Å². The summed E-state index contributed by atoms with van der Waals surface area (Å²) >= 11 is 0. The summed E-state index contributed by atoms with van der Waals surface area (Å²) < 4.78 is 2.04. The molecule has 4 heteroatoms. The third-order valence-electron chi connectivity index (χ3n) is 4.23. The number of nitrogen functional groups attached to an aromatic ring is 1. The van der Waals surface area contributed by atoms with Crippen LogP contribution in [0.5, 0.6) is 0 Å². The zero-order valence-electron chi connectivity index (χ0n) is 13.3. The van der Waals surface area contributed by atoms with Gasteiger partial charge in [-0.1, -0.05) is 6.07 Å². The number of aromatic nitrogens is 2. The van der Waals surface area contributed by atoms with Gasteiger partial charge in [0, 0.05) is 30.4 Å². The second-order valence-corrected chi connectivity index (χ2v) is 6.89. The minimum atomic E-state index is -0.0518. The summed E-state index contributed by atoms with van der Waals surface area (Å²) in [5.74, 6) is 0.742. The standard InChI is InChI=1S/C17H24N4/c1-17(2,3)21-11-19-15(16(21)18)13-7-8-14-12(10-13)6-5-9-20(14)4/h7-8,10-11H,5-6,9,18H2,1-4H3. The molecule has 4 nitrogen and oxygen atoms in total. The summed E-state index contributed by atoms with van der Waals surface area (Å²) in [6, 6.07) is 6.57. The van der Waals surface area contributed by atoms with Crippen LogP contribution in [0.15, 0.2) is 24.5 Å². The van der Waals surface area contributed by atoms with Crippen LogP contribution in [-0.4, -0.2) is 23.1 Å². The van der Waals surface area contributed by atoms with Gasteiger partial charge in [0.25, 0.3) is 0 Å². The molecule has 1 aromatic heterocycles. The zero-order chi connectivity index (χ0) is 15.2. The average molecular weight is 284 g/mol. The van der Waals surface area contributed by atoms with Crippen LogP contribution in [0, 0.1) is 0 Å². The van der Waals surface area contributed by atoms with Gasteiger partial charge in [-0.05, 0) is 51.3 Å². The highest BCUT2D eigenvalue weighted by atomic mass is 15.2. The Morgan fingerprint density at radius 2 is 2.00 bits per heavy atom. The third kappa shape index (κ3) is 2.39. The molecule has 0 spiro atoms. The number of fused-ring (bicyclic) bond motifs is 1. The lowest BCUT2D eigenvalue weighted by molar-refractivity contribution is 0.402. The maximum absolute atomic E-state index is 6.31. The summed E-state index contributed by atoms with van der Waals surface area (Å²) in [5.41, 5.74) is 11.0. The van der Waals surface area contributed by atoms with Gasteiger partial charge in [0.15, 0.2) is 0 Å². The number of nitrogens with zero attached hydrogens (tertiary/aromatic N) is 3. The molecular formula is C17H24N4. The average Bonchev–Trinajstić information content (AvgIpc) is 2.80. The van der Waals surface area contributed by atoms with Gasteiger partial charge in [0.1, 0.15) is 11.5 Å². The Bertz CT molecular complexity index is 664. The Morgan fingerprint density at radius 1 is 1.24 bits per heavy atom. The highest BCUT2D eigenvalue weighted by Gasteiger charge is 2.20. The van der Waals surface area contributed by atoms with Crippen molar-refractivity contribution in [2.24, 2.45) is 0 Å². The van der Waals surface area contributed by atoms with Crippen LogP contribution in [-0.2, 0) is 12.0 Å². The maximum atomic E-state index is 6.31. The van der Waals surface area contributed by atoms with Crippen LogP contribution in [0.25, 0.3) is 11.3 Å². The van der Waals surface area contributed by atoms with Crippen molar-refractivity contribution in [3.05, 3.63) is 30.1 Å². The summed E-state index contributed by atoms with van der Waals surface area (Å²) in [7, 11) is 2.15. The van der Waals surface area contributed by atoms with Gasteiger partial charge in [-0.25, -0.2) is 4.98 Å². The fraction of sp³-hybridized carbons (Fsp3) is 0.471. The number of benzene rings is 1. The second-order valence-electron chi connectivity index (χ2n) is 6.89. The molecule has 0 fully saturated rings. The lowest BCUT2D eigenvalue weighted by Crippen LogP contribution is -2.24. The van der Waals surface area contributed by atoms with Gasteiger partial charge in [-0.2, -0.15) is 0 Å². The molecule has 0 atom stereocenters. The zero-order valence-corrected chi connectivity index (χ0v) is 13.3. The Morgan fingerprint density at radius 3 is 2.67 bits per heavy atom. The largest absolute Gasteiger partial charge is 0.383 e. The minimum absolute atomic E-state index is 0.0518. The second kappa shape index (κ2) is 4.79. The molecule has 0 unspecified atom stereocenters. The summed E-state index contributed by atoms with van der Waals surface area (Å²) in [6.45, 7) is 7.54. The molecule has 0 saturated carbocycles. The molecule has 2 N–H and O–H groups in total. The first-order valence-electron chi connectivity index (χ1n) is 7.55. The van der Waals surface area contributed by atoms with E-state index in [2.05, 4.69) is 55.9 Å². The van der Waals surface area contributed by atoms with E-state index >= 15 is 0 Å². The highest BCUT2D eigenvalue weighted by Crippen LogP contribution is 2.33. The summed E-state index contributed by atoms with van der Waals surface area (Å²) in [6.07, 6.45) is 4.18. The van der Waals surface area contributed by atoms with Crippen LogP contribution >= 0.6 is 0 Å². The van der Waals surface area contributed by atoms with E-state index in [4.69, 9.17) is 5.73 Å². The van der Waals surface area contributed by atoms with E-state index < -0.39 is 0 Å². The third-order valence-corrected chi connectivity index (χ3v) is 4.23. The van der Waals surface area contributed by atoms with Crippen molar-refractivity contribution < 1.29 is 0 Å². The predicted molar refractivity (Wildman–Crippen MR) is 88.7 cm³/mol. The number of rotatable bonds is 1. The Hall–Kier alpha value is -1.97. The maximum Gasteiger partial charge on any atom is 0.132 e. The van der Waals surface area contributed by atoms with Crippen molar-refractivity contribution in [1.29, 1.82) is 0 Å². The van der Waals surface area contributed by atoms with Crippen molar-refractivity contribution in [2.45, 2.75) is 39.2 Å². The lowest BCUT2D eigenvalue weighted by Gasteiger charge is -2.27. The van der Waals surface area contributed by atoms with E-state index in [1.807, 2.05) is 10.9 Å². The first-order valence-corrected chi connectivity index (χ1v) is 7.55. The van der Waals surface area contributed by atoms with E-state index in [-0.39, 0.29) is 5.54 Å². The predicted octanol–water partition coefficient (Wildman–Crippen LogP) is 3.27. The van der Waals surface area contributed by atoms with Gasteiger partial charge in [0.05, 0.1) is 6.33 Å². The van der Waals surface area contributed by atoms with Crippen molar-refractivity contribution in [1.82, 2.24) is 9.55 Å². The van der Waals surface area contributed by atoms with Crippen LogP contribution in [0.1, 0.15) is 32.8 Å². The molecule has 1 aromatic carbocycles. The van der Waals surface area contributed by atoms with E-state index in [1.165, 1.54) is 17.7 Å². The van der Waals surface area contributed by atoms with Crippen LogP contribution in [0.3, 0.4) is 0 Å².